The Hall–Kier alpha value is -2.12. The van der Waals surface area contributed by atoms with Gasteiger partial charge in [0.2, 0.25) is 5.91 Å². The van der Waals surface area contributed by atoms with E-state index >= 15 is 0 Å². The number of aliphatic carboxylic acids is 1. The molecule has 1 amide bonds. The Morgan fingerprint density at radius 2 is 2.00 bits per heavy atom. The Morgan fingerprint density at radius 1 is 1.38 bits per heavy atom. The van der Waals surface area contributed by atoms with Gasteiger partial charge in [0.15, 0.2) is 0 Å². The summed E-state index contributed by atoms with van der Waals surface area (Å²) in [5.74, 6) is -2.64. The summed E-state index contributed by atoms with van der Waals surface area (Å²) in [6.07, 6.45) is 1.04. The van der Waals surface area contributed by atoms with Crippen LogP contribution in [0.1, 0.15) is 31.7 Å². The second-order valence-corrected chi connectivity index (χ2v) is 4.04. The van der Waals surface area contributed by atoms with Gasteiger partial charge in [-0.05, 0) is 18.1 Å². The smallest absolute Gasteiger partial charge is 0.475 e. The van der Waals surface area contributed by atoms with Crippen LogP contribution in [-0.2, 0) is 16.1 Å². The van der Waals surface area contributed by atoms with E-state index in [-0.39, 0.29) is 5.91 Å². The molecule has 1 heterocycles. The van der Waals surface area contributed by atoms with E-state index in [0.29, 0.717) is 13.0 Å². The van der Waals surface area contributed by atoms with Crippen LogP contribution in [0.2, 0.25) is 0 Å². The van der Waals surface area contributed by atoms with Gasteiger partial charge in [0, 0.05) is 25.4 Å². The normalized spacial score (nSPS) is 10.3. The maximum Gasteiger partial charge on any atom is 0.490 e. The number of alkyl halides is 3. The first kappa shape index (κ1) is 18.9. The molecule has 5 nitrogen and oxygen atoms in total. The second kappa shape index (κ2) is 9.73. The monoisotopic (exact) mass is 306 g/mol. The van der Waals surface area contributed by atoms with E-state index in [1.807, 2.05) is 12.1 Å². The molecule has 0 unspecified atom stereocenters. The molecular weight excluding hydrogens is 289 g/mol. The fourth-order valence-electron chi connectivity index (χ4n) is 1.13. The maximum absolute atomic E-state index is 11.2. The van der Waals surface area contributed by atoms with Gasteiger partial charge in [-0.15, -0.1) is 0 Å². The fraction of sp³-hybridized carbons (Fsp3) is 0.462. The standard InChI is InChI=1S/C11H16N2O.C2HF3O2/c1-2-3-6-11(14)13-9-10-5-4-7-12-8-10;3-2(4,5)1(6)7/h4-5,7-8H,2-3,6,9H2,1H3,(H,13,14);(H,6,7). The van der Waals surface area contributed by atoms with Crippen LogP contribution in [0.5, 0.6) is 0 Å². The zero-order valence-electron chi connectivity index (χ0n) is 11.5. The molecule has 0 fully saturated rings. The highest BCUT2D eigenvalue weighted by Crippen LogP contribution is 2.13. The number of hydrogen-bond acceptors (Lipinski definition) is 3. The second-order valence-electron chi connectivity index (χ2n) is 4.04. The summed E-state index contributed by atoms with van der Waals surface area (Å²) in [7, 11) is 0. The molecule has 1 aromatic rings. The molecule has 1 rings (SSSR count). The van der Waals surface area contributed by atoms with E-state index in [2.05, 4.69) is 17.2 Å². The van der Waals surface area contributed by atoms with E-state index < -0.39 is 12.1 Å². The summed E-state index contributed by atoms with van der Waals surface area (Å²) in [5, 5.41) is 9.98. The minimum absolute atomic E-state index is 0.121. The first-order valence-electron chi connectivity index (χ1n) is 6.23. The van der Waals surface area contributed by atoms with Crippen molar-refractivity contribution in [1.82, 2.24) is 10.3 Å². The number of nitrogens with one attached hydrogen (secondary N) is 1. The molecule has 0 bridgehead atoms. The minimum Gasteiger partial charge on any atom is -0.475 e. The molecule has 2 N–H and O–H groups in total. The van der Waals surface area contributed by atoms with Crippen molar-refractivity contribution in [2.45, 2.75) is 38.9 Å². The van der Waals surface area contributed by atoms with Crippen LogP contribution in [0.25, 0.3) is 0 Å². The van der Waals surface area contributed by atoms with E-state index in [0.717, 1.165) is 18.4 Å². The largest absolute Gasteiger partial charge is 0.490 e. The number of rotatable bonds is 5. The Bertz CT molecular complexity index is 436. The Labute approximate surface area is 120 Å². The summed E-state index contributed by atoms with van der Waals surface area (Å²) in [6.45, 7) is 2.66. The van der Waals surface area contributed by atoms with Crippen molar-refractivity contribution in [2.75, 3.05) is 0 Å². The van der Waals surface area contributed by atoms with E-state index in [1.54, 1.807) is 12.4 Å². The molecule has 0 aliphatic heterocycles. The molecular formula is C13H17F3N2O3. The number of carboxylic acids is 1. The Morgan fingerprint density at radius 3 is 2.43 bits per heavy atom. The number of carbonyl (C=O) groups excluding carboxylic acids is 1. The summed E-state index contributed by atoms with van der Waals surface area (Å²) in [6, 6.07) is 3.82. The van der Waals surface area contributed by atoms with Crippen LogP contribution >= 0.6 is 0 Å². The average molecular weight is 306 g/mol. The third kappa shape index (κ3) is 10.3. The van der Waals surface area contributed by atoms with Crippen LogP contribution in [-0.4, -0.2) is 28.1 Å². The average Bonchev–Trinajstić information content (AvgIpc) is 2.43. The summed E-state index contributed by atoms with van der Waals surface area (Å²) < 4.78 is 31.7. The van der Waals surface area contributed by atoms with Crippen molar-refractivity contribution >= 4 is 11.9 Å². The first-order valence-corrected chi connectivity index (χ1v) is 6.23. The predicted octanol–water partition coefficient (Wildman–Crippen LogP) is 2.52. The number of carboxylic acid groups (broad SMARTS) is 1. The van der Waals surface area contributed by atoms with E-state index in [4.69, 9.17) is 9.90 Å². The number of unbranched alkanes of at least 4 members (excludes halogenated alkanes) is 1. The number of carbonyl (C=O) groups is 2. The van der Waals surface area contributed by atoms with Gasteiger partial charge >= 0.3 is 12.1 Å². The van der Waals surface area contributed by atoms with Gasteiger partial charge in [-0.2, -0.15) is 13.2 Å². The highest BCUT2D eigenvalue weighted by molar-refractivity contribution is 5.75. The first-order chi connectivity index (χ1) is 9.77. The molecule has 0 aliphatic carbocycles. The third-order valence-corrected chi connectivity index (χ3v) is 2.21. The zero-order chi connectivity index (χ0) is 16.3. The lowest BCUT2D eigenvalue weighted by atomic mass is 10.2. The fourth-order valence-corrected chi connectivity index (χ4v) is 1.13. The van der Waals surface area contributed by atoms with E-state index in [9.17, 15) is 18.0 Å². The molecule has 21 heavy (non-hydrogen) atoms. The summed E-state index contributed by atoms with van der Waals surface area (Å²) >= 11 is 0. The highest BCUT2D eigenvalue weighted by atomic mass is 19.4. The van der Waals surface area contributed by atoms with Crippen molar-refractivity contribution in [3.63, 3.8) is 0 Å². The van der Waals surface area contributed by atoms with Gasteiger partial charge in [-0.1, -0.05) is 19.4 Å². The van der Waals surface area contributed by atoms with Crippen molar-refractivity contribution in [1.29, 1.82) is 0 Å². The SMILES string of the molecule is CCCCC(=O)NCc1cccnc1.O=C(O)C(F)(F)F. The Balaban J connectivity index is 0.000000486. The molecule has 0 saturated heterocycles. The number of aromatic nitrogens is 1. The third-order valence-electron chi connectivity index (χ3n) is 2.21. The van der Waals surface area contributed by atoms with Gasteiger partial charge in [0.05, 0.1) is 0 Å². The van der Waals surface area contributed by atoms with Gasteiger partial charge in [-0.25, -0.2) is 4.79 Å². The summed E-state index contributed by atoms with van der Waals surface area (Å²) in [5.41, 5.74) is 1.04. The van der Waals surface area contributed by atoms with Crippen LogP contribution in [0, 0.1) is 0 Å². The van der Waals surface area contributed by atoms with Crippen LogP contribution in [0.3, 0.4) is 0 Å². The van der Waals surface area contributed by atoms with Gasteiger partial charge in [0.1, 0.15) is 0 Å². The van der Waals surface area contributed by atoms with Crippen LogP contribution < -0.4 is 5.32 Å². The molecule has 0 radical (unpaired) electrons. The number of nitrogens with zero attached hydrogens (tertiary/aromatic N) is 1. The lowest BCUT2D eigenvalue weighted by Crippen LogP contribution is -2.22. The minimum atomic E-state index is -5.08. The lowest BCUT2D eigenvalue weighted by Gasteiger charge is -2.03. The van der Waals surface area contributed by atoms with Crippen molar-refractivity contribution < 1.29 is 27.9 Å². The van der Waals surface area contributed by atoms with Crippen LogP contribution in [0.4, 0.5) is 13.2 Å². The summed E-state index contributed by atoms with van der Waals surface area (Å²) in [4.78, 5) is 24.1. The van der Waals surface area contributed by atoms with Crippen LogP contribution in [0.15, 0.2) is 24.5 Å². The quantitative estimate of drug-likeness (QED) is 0.876. The molecule has 118 valence electrons. The molecule has 0 spiro atoms. The number of hydrogen-bond donors (Lipinski definition) is 2. The van der Waals surface area contributed by atoms with Gasteiger partial charge in [-0.3, -0.25) is 9.78 Å². The number of halogens is 3. The lowest BCUT2D eigenvalue weighted by molar-refractivity contribution is -0.192. The molecule has 0 aliphatic rings. The molecule has 0 aromatic carbocycles. The topological polar surface area (TPSA) is 79.3 Å². The van der Waals surface area contributed by atoms with Crippen molar-refractivity contribution in [2.24, 2.45) is 0 Å². The van der Waals surface area contributed by atoms with Gasteiger partial charge in [0.25, 0.3) is 0 Å². The molecule has 0 saturated carbocycles. The van der Waals surface area contributed by atoms with Crippen molar-refractivity contribution in [3.8, 4) is 0 Å². The molecule has 1 aromatic heterocycles. The molecule has 8 heteroatoms. The van der Waals surface area contributed by atoms with Gasteiger partial charge < -0.3 is 10.4 Å². The van der Waals surface area contributed by atoms with E-state index in [1.165, 1.54) is 0 Å². The highest BCUT2D eigenvalue weighted by Gasteiger charge is 2.38. The number of amides is 1. The Kier molecular flexibility index (Phi) is 8.75. The number of pyridine rings is 1. The predicted molar refractivity (Wildman–Crippen MR) is 69.3 cm³/mol. The maximum atomic E-state index is 11.2. The molecule has 0 atom stereocenters. The van der Waals surface area contributed by atoms with Crippen molar-refractivity contribution in [3.05, 3.63) is 30.1 Å². The zero-order valence-corrected chi connectivity index (χ0v) is 11.5.